The van der Waals surface area contributed by atoms with Crippen molar-refractivity contribution in [1.82, 2.24) is 15.8 Å². The van der Waals surface area contributed by atoms with Crippen molar-refractivity contribution in [2.75, 3.05) is 7.11 Å². The number of ether oxygens (including phenoxy) is 1. The first kappa shape index (κ1) is 14.5. The van der Waals surface area contributed by atoms with Gasteiger partial charge in [-0.1, -0.05) is 0 Å². The van der Waals surface area contributed by atoms with E-state index in [-0.39, 0.29) is 11.4 Å². The maximum atomic E-state index is 13.8. The van der Waals surface area contributed by atoms with E-state index in [2.05, 4.69) is 29.7 Å². The third-order valence-electron chi connectivity index (χ3n) is 3.74. The van der Waals surface area contributed by atoms with E-state index in [0.717, 1.165) is 22.4 Å². The molecular formula is C17H18FN3O. The van der Waals surface area contributed by atoms with E-state index in [1.807, 2.05) is 18.2 Å². The molecule has 0 amide bonds. The van der Waals surface area contributed by atoms with Crippen molar-refractivity contribution in [1.29, 1.82) is 0 Å². The molecule has 22 heavy (non-hydrogen) atoms. The van der Waals surface area contributed by atoms with Gasteiger partial charge in [0.15, 0.2) is 0 Å². The van der Waals surface area contributed by atoms with Gasteiger partial charge < -0.3 is 10.2 Å². The lowest BCUT2D eigenvalue weighted by atomic mass is 9.87. The van der Waals surface area contributed by atoms with E-state index in [1.54, 1.807) is 12.4 Å². The number of benzene rings is 1. The van der Waals surface area contributed by atoms with E-state index in [1.165, 1.54) is 19.2 Å². The van der Waals surface area contributed by atoms with Crippen LogP contribution in [-0.4, -0.2) is 17.6 Å². The van der Waals surface area contributed by atoms with Crippen LogP contribution in [0.25, 0.3) is 11.3 Å². The van der Waals surface area contributed by atoms with Crippen LogP contribution in [0.3, 0.4) is 0 Å². The van der Waals surface area contributed by atoms with Crippen LogP contribution in [0.5, 0.6) is 5.75 Å². The van der Waals surface area contributed by atoms with Crippen molar-refractivity contribution >= 4 is 11.3 Å². The second-order valence-electron chi connectivity index (χ2n) is 5.74. The molecule has 114 valence electrons. The Kier molecular flexibility index (Phi) is 3.58. The molecule has 1 aliphatic heterocycles. The van der Waals surface area contributed by atoms with Gasteiger partial charge in [0.25, 0.3) is 0 Å². The number of rotatable bonds is 3. The molecule has 1 aromatic carbocycles. The minimum atomic E-state index is -0.331. The Hall–Kier alpha value is -2.40. The summed E-state index contributed by atoms with van der Waals surface area (Å²) in [6.45, 7) is 4.14. The lowest BCUT2D eigenvalue weighted by Gasteiger charge is -2.22. The quantitative estimate of drug-likeness (QED) is 0.914. The number of hydrogen-bond donors (Lipinski definition) is 2. The first-order valence-electron chi connectivity index (χ1n) is 7.04. The summed E-state index contributed by atoms with van der Waals surface area (Å²) in [4.78, 5) is 4.06. The maximum Gasteiger partial charge on any atom is 0.127 e. The second kappa shape index (κ2) is 5.42. The van der Waals surface area contributed by atoms with Gasteiger partial charge in [-0.25, -0.2) is 9.82 Å². The molecule has 0 saturated heterocycles. The summed E-state index contributed by atoms with van der Waals surface area (Å²) in [5.74, 6) is 0.158. The molecule has 0 saturated carbocycles. The van der Waals surface area contributed by atoms with Crippen molar-refractivity contribution in [3.63, 3.8) is 0 Å². The van der Waals surface area contributed by atoms with Gasteiger partial charge in [-0.15, -0.1) is 0 Å². The number of nitrogens with zero attached hydrogens (tertiary/aromatic N) is 1. The fraction of sp³-hybridized carbons (Fsp3) is 0.235. The number of hydrazine groups is 1. The SMILES string of the molecule is COc1cc(F)cc(C2=C(c3ccncc3)C(C)(C)NN2)c1. The van der Waals surface area contributed by atoms with Gasteiger partial charge in [0, 0.05) is 29.6 Å². The first-order valence-corrected chi connectivity index (χ1v) is 7.04. The molecule has 2 N–H and O–H groups in total. The van der Waals surface area contributed by atoms with E-state index >= 15 is 0 Å². The molecule has 4 nitrogen and oxygen atoms in total. The summed E-state index contributed by atoms with van der Waals surface area (Å²) >= 11 is 0. The smallest absolute Gasteiger partial charge is 0.127 e. The van der Waals surface area contributed by atoms with E-state index in [9.17, 15) is 4.39 Å². The van der Waals surface area contributed by atoms with Crippen LogP contribution < -0.4 is 15.6 Å². The standard InChI is InChI=1S/C17H18FN3O/c1-17(2)15(11-4-6-19-7-5-11)16(20-21-17)12-8-13(18)10-14(9-12)22-3/h4-10,20-21H,1-3H3. The largest absolute Gasteiger partial charge is 0.497 e. The van der Waals surface area contributed by atoms with Crippen LogP contribution in [-0.2, 0) is 0 Å². The molecule has 0 unspecified atom stereocenters. The molecular weight excluding hydrogens is 281 g/mol. The Morgan fingerprint density at radius 3 is 2.50 bits per heavy atom. The molecule has 2 heterocycles. The Bertz CT molecular complexity index is 726. The van der Waals surface area contributed by atoms with Crippen molar-refractivity contribution in [2.45, 2.75) is 19.4 Å². The number of halogens is 1. The van der Waals surface area contributed by atoms with Crippen LogP contribution >= 0.6 is 0 Å². The summed E-state index contributed by atoms with van der Waals surface area (Å²) in [6.07, 6.45) is 3.50. The third-order valence-corrected chi connectivity index (χ3v) is 3.74. The monoisotopic (exact) mass is 299 g/mol. The maximum absolute atomic E-state index is 13.8. The van der Waals surface area contributed by atoms with Gasteiger partial charge >= 0.3 is 0 Å². The number of hydrogen-bond acceptors (Lipinski definition) is 4. The minimum Gasteiger partial charge on any atom is -0.497 e. The highest BCUT2D eigenvalue weighted by Crippen LogP contribution is 2.37. The summed E-state index contributed by atoms with van der Waals surface area (Å²) in [6, 6.07) is 8.57. The van der Waals surface area contributed by atoms with Crippen LogP contribution in [0, 0.1) is 5.82 Å². The zero-order valence-corrected chi connectivity index (χ0v) is 12.8. The topological polar surface area (TPSA) is 46.2 Å². The van der Waals surface area contributed by atoms with Crippen LogP contribution in [0.1, 0.15) is 25.0 Å². The van der Waals surface area contributed by atoms with Crippen molar-refractivity contribution in [3.05, 3.63) is 59.7 Å². The van der Waals surface area contributed by atoms with Crippen molar-refractivity contribution in [2.24, 2.45) is 0 Å². The van der Waals surface area contributed by atoms with Gasteiger partial charge in [0.2, 0.25) is 0 Å². The van der Waals surface area contributed by atoms with Gasteiger partial charge in [0.1, 0.15) is 11.6 Å². The summed E-state index contributed by atoms with van der Waals surface area (Å²) < 4.78 is 19.0. The minimum absolute atomic E-state index is 0.295. The molecule has 2 aromatic rings. The molecule has 0 spiro atoms. The highest BCUT2D eigenvalue weighted by Gasteiger charge is 2.34. The predicted octanol–water partition coefficient (Wildman–Crippen LogP) is 2.98. The molecule has 0 atom stereocenters. The second-order valence-corrected chi connectivity index (χ2v) is 5.74. The lowest BCUT2D eigenvalue weighted by molar-refractivity contribution is 0.411. The molecule has 5 heteroatoms. The number of nitrogens with one attached hydrogen (secondary N) is 2. The first-order chi connectivity index (χ1) is 10.5. The fourth-order valence-electron chi connectivity index (χ4n) is 2.72. The molecule has 3 rings (SSSR count). The van der Waals surface area contributed by atoms with Crippen molar-refractivity contribution in [3.8, 4) is 5.75 Å². The Morgan fingerprint density at radius 1 is 1.09 bits per heavy atom. The molecule has 0 radical (unpaired) electrons. The van der Waals surface area contributed by atoms with Gasteiger partial charge in [0.05, 0.1) is 18.3 Å². The number of aromatic nitrogens is 1. The van der Waals surface area contributed by atoms with E-state index < -0.39 is 0 Å². The summed E-state index contributed by atoms with van der Waals surface area (Å²) in [7, 11) is 1.53. The van der Waals surface area contributed by atoms with E-state index in [4.69, 9.17) is 4.74 Å². The zero-order valence-electron chi connectivity index (χ0n) is 12.8. The van der Waals surface area contributed by atoms with Gasteiger partial charge in [-0.2, -0.15) is 0 Å². The average molecular weight is 299 g/mol. The van der Waals surface area contributed by atoms with Crippen LogP contribution in [0.2, 0.25) is 0 Å². The molecule has 0 aliphatic carbocycles. The summed E-state index contributed by atoms with van der Waals surface area (Å²) in [5.41, 5.74) is 9.80. The Labute approximate surface area is 129 Å². The molecule has 1 aromatic heterocycles. The molecule has 0 bridgehead atoms. The highest BCUT2D eigenvalue weighted by molar-refractivity contribution is 5.95. The zero-order chi connectivity index (χ0) is 15.7. The Morgan fingerprint density at radius 2 is 1.82 bits per heavy atom. The van der Waals surface area contributed by atoms with Crippen LogP contribution in [0.15, 0.2) is 42.7 Å². The fourth-order valence-corrected chi connectivity index (χ4v) is 2.72. The van der Waals surface area contributed by atoms with Gasteiger partial charge in [-0.3, -0.25) is 4.98 Å². The van der Waals surface area contributed by atoms with E-state index in [0.29, 0.717) is 5.75 Å². The lowest BCUT2D eigenvalue weighted by Crippen LogP contribution is -2.40. The normalized spacial score (nSPS) is 16.5. The van der Waals surface area contributed by atoms with Gasteiger partial charge in [-0.05, 0) is 43.7 Å². The van der Waals surface area contributed by atoms with Crippen LogP contribution in [0.4, 0.5) is 4.39 Å². The average Bonchev–Trinajstić information content (AvgIpc) is 2.83. The predicted molar refractivity (Wildman–Crippen MR) is 84.4 cm³/mol. The molecule has 1 aliphatic rings. The third kappa shape index (κ3) is 2.55. The Balaban J connectivity index is 2.20. The number of pyridine rings is 1. The number of methoxy groups -OCH3 is 1. The summed E-state index contributed by atoms with van der Waals surface area (Å²) in [5, 5.41) is 0. The molecule has 0 fully saturated rings. The van der Waals surface area contributed by atoms with Crippen molar-refractivity contribution < 1.29 is 9.13 Å². The highest BCUT2D eigenvalue weighted by atomic mass is 19.1.